The second kappa shape index (κ2) is 7.78. The number of carbonyl (C=O) groups excluding carboxylic acids is 1. The molecular weight excluding hydrogens is 266 g/mol. The number of carbonyl (C=O) groups is 1. The van der Waals surface area contributed by atoms with Gasteiger partial charge in [0.1, 0.15) is 5.75 Å². The molecule has 1 aromatic rings. The molecule has 0 unspecified atom stereocenters. The number of hydrogen-bond donors (Lipinski definition) is 3. The number of phenols is 1. The van der Waals surface area contributed by atoms with Gasteiger partial charge < -0.3 is 10.4 Å². The van der Waals surface area contributed by atoms with Gasteiger partial charge in [0.15, 0.2) is 0 Å². The molecule has 1 aliphatic rings. The average Bonchev–Trinajstić information content (AvgIpc) is 2.50. The maximum absolute atomic E-state index is 11.7. The summed E-state index contributed by atoms with van der Waals surface area (Å²) in [5.41, 5.74) is 4.09. The third-order valence-corrected chi connectivity index (χ3v) is 3.73. The van der Waals surface area contributed by atoms with Gasteiger partial charge in [0.2, 0.25) is 0 Å². The van der Waals surface area contributed by atoms with E-state index in [0.29, 0.717) is 11.6 Å². The zero-order chi connectivity index (χ0) is 15.1. The van der Waals surface area contributed by atoms with Gasteiger partial charge in [-0.2, -0.15) is 5.10 Å². The zero-order valence-electron chi connectivity index (χ0n) is 12.4. The minimum atomic E-state index is -0.163. The molecule has 0 aliphatic heterocycles. The van der Waals surface area contributed by atoms with Crippen molar-refractivity contribution in [3.8, 4) is 5.75 Å². The number of amides is 1. The molecule has 21 heavy (non-hydrogen) atoms. The summed E-state index contributed by atoms with van der Waals surface area (Å²) >= 11 is 0. The number of nitrogens with one attached hydrogen (secondary N) is 2. The van der Waals surface area contributed by atoms with Gasteiger partial charge >= 0.3 is 0 Å². The molecule has 1 fully saturated rings. The van der Waals surface area contributed by atoms with Crippen molar-refractivity contribution in [3.05, 3.63) is 29.3 Å². The molecule has 0 bridgehead atoms. The molecule has 2 rings (SSSR count). The Hall–Kier alpha value is -1.88. The minimum absolute atomic E-state index is 0.152. The van der Waals surface area contributed by atoms with Gasteiger partial charge in [0, 0.05) is 11.6 Å². The Balaban J connectivity index is 1.75. The van der Waals surface area contributed by atoms with Crippen molar-refractivity contribution in [3.63, 3.8) is 0 Å². The largest absolute Gasteiger partial charge is 0.507 e. The standard InChI is InChI=1S/C16H23N3O2/c1-12-7-8-15(20)13(9-12)10-18-19-16(21)11-17-14-5-3-2-4-6-14/h7-10,14,17,20H,2-6,11H2,1H3,(H,19,21)/b18-10-. The van der Waals surface area contributed by atoms with Crippen LogP contribution in [0.2, 0.25) is 0 Å². The van der Waals surface area contributed by atoms with Crippen LogP contribution in [0.5, 0.6) is 5.75 Å². The number of phenolic OH excluding ortho intramolecular Hbond substituents is 1. The first-order valence-corrected chi connectivity index (χ1v) is 7.50. The maximum atomic E-state index is 11.7. The summed E-state index contributed by atoms with van der Waals surface area (Å²) in [4.78, 5) is 11.7. The molecular formula is C16H23N3O2. The smallest absolute Gasteiger partial charge is 0.254 e. The Morgan fingerprint density at radius 1 is 1.38 bits per heavy atom. The lowest BCUT2D eigenvalue weighted by atomic mass is 9.95. The van der Waals surface area contributed by atoms with Crippen molar-refractivity contribution in [1.82, 2.24) is 10.7 Å². The summed E-state index contributed by atoms with van der Waals surface area (Å²) in [5.74, 6) is -0.0112. The number of benzene rings is 1. The second-order valence-corrected chi connectivity index (χ2v) is 5.57. The van der Waals surface area contributed by atoms with Crippen LogP contribution >= 0.6 is 0 Å². The van der Waals surface area contributed by atoms with E-state index in [1.807, 2.05) is 19.1 Å². The highest BCUT2D eigenvalue weighted by atomic mass is 16.3. The van der Waals surface area contributed by atoms with Crippen molar-refractivity contribution in [2.75, 3.05) is 6.54 Å². The van der Waals surface area contributed by atoms with E-state index in [9.17, 15) is 9.90 Å². The Bertz CT molecular complexity index is 508. The van der Waals surface area contributed by atoms with Crippen LogP contribution in [0.3, 0.4) is 0 Å². The van der Waals surface area contributed by atoms with Gasteiger partial charge in [-0.15, -0.1) is 0 Å². The summed E-state index contributed by atoms with van der Waals surface area (Å²) < 4.78 is 0. The van der Waals surface area contributed by atoms with Crippen LogP contribution in [0, 0.1) is 6.92 Å². The number of nitrogens with zero attached hydrogens (tertiary/aromatic N) is 1. The summed E-state index contributed by atoms with van der Waals surface area (Å²) in [6.07, 6.45) is 7.53. The molecule has 114 valence electrons. The van der Waals surface area contributed by atoms with Gasteiger partial charge in [0.25, 0.3) is 5.91 Å². The fourth-order valence-electron chi connectivity index (χ4n) is 2.53. The Labute approximate surface area is 125 Å². The SMILES string of the molecule is Cc1ccc(O)c(/C=N\NC(=O)CNC2CCCCC2)c1. The molecule has 1 aliphatic carbocycles. The highest BCUT2D eigenvalue weighted by molar-refractivity contribution is 5.85. The van der Waals surface area contributed by atoms with E-state index in [2.05, 4.69) is 15.8 Å². The Kier molecular flexibility index (Phi) is 5.75. The van der Waals surface area contributed by atoms with Crippen LogP contribution in [-0.2, 0) is 4.79 Å². The molecule has 0 radical (unpaired) electrons. The molecule has 1 amide bonds. The molecule has 1 saturated carbocycles. The average molecular weight is 289 g/mol. The molecule has 5 heteroatoms. The van der Waals surface area contributed by atoms with Crippen molar-refractivity contribution >= 4 is 12.1 Å². The highest BCUT2D eigenvalue weighted by Crippen LogP contribution is 2.17. The van der Waals surface area contributed by atoms with Crippen LogP contribution in [0.4, 0.5) is 0 Å². The fourth-order valence-corrected chi connectivity index (χ4v) is 2.53. The first-order valence-electron chi connectivity index (χ1n) is 7.50. The van der Waals surface area contributed by atoms with Gasteiger partial charge in [-0.1, -0.05) is 30.9 Å². The number of hydrogen-bond acceptors (Lipinski definition) is 4. The van der Waals surface area contributed by atoms with E-state index >= 15 is 0 Å². The predicted octanol–water partition coefficient (Wildman–Crippen LogP) is 2.07. The lowest BCUT2D eigenvalue weighted by Gasteiger charge is -2.22. The topological polar surface area (TPSA) is 73.7 Å². The lowest BCUT2D eigenvalue weighted by Crippen LogP contribution is -2.38. The third-order valence-electron chi connectivity index (χ3n) is 3.73. The summed E-state index contributed by atoms with van der Waals surface area (Å²) in [6, 6.07) is 5.70. The number of aromatic hydroxyl groups is 1. The summed E-state index contributed by atoms with van der Waals surface area (Å²) in [5, 5.41) is 16.8. The molecule has 0 heterocycles. The second-order valence-electron chi connectivity index (χ2n) is 5.57. The summed E-state index contributed by atoms with van der Waals surface area (Å²) in [7, 11) is 0. The molecule has 0 saturated heterocycles. The predicted molar refractivity (Wildman–Crippen MR) is 83.5 cm³/mol. The van der Waals surface area contributed by atoms with Crippen molar-refractivity contribution < 1.29 is 9.90 Å². The van der Waals surface area contributed by atoms with E-state index in [1.165, 1.54) is 25.5 Å². The molecule has 0 spiro atoms. The minimum Gasteiger partial charge on any atom is -0.507 e. The van der Waals surface area contributed by atoms with Crippen molar-refractivity contribution in [2.45, 2.75) is 45.1 Å². The van der Waals surface area contributed by atoms with Gasteiger partial charge in [-0.05, 0) is 31.9 Å². The number of hydrazone groups is 1. The van der Waals surface area contributed by atoms with Crippen molar-refractivity contribution in [1.29, 1.82) is 0 Å². The van der Waals surface area contributed by atoms with Crippen molar-refractivity contribution in [2.24, 2.45) is 5.10 Å². The van der Waals surface area contributed by atoms with Crippen LogP contribution in [0.25, 0.3) is 0 Å². The zero-order valence-corrected chi connectivity index (χ0v) is 12.4. The lowest BCUT2D eigenvalue weighted by molar-refractivity contribution is -0.120. The van der Waals surface area contributed by atoms with Gasteiger partial charge in [0.05, 0.1) is 12.8 Å². The van der Waals surface area contributed by atoms with Gasteiger partial charge in [-0.25, -0.2) is 5.43 Å². The van der Waals surface area contributed by atoms with Crippen LogP contribution in [0.15, 0.2) is 23.3 Å². The van der Waals surface area contributed by atoms with Crippen LogP contribution < -0.4 is 10.7 Å². The third kappa shape index (κ3) is 5.19. The maximum Gasteiger partial charge on any atom is 0.254 e. The highest BCUT2D eigenvalue weighted by Gasteiger charge is 2.13. The Morgan fingerprint density at radius 2 is 2.14 bits per heavy atom. The first kappa shape index (κ1) is 15.5. The van der Waals surface area contributed by atoms with E-state index in [-0.39, 0.29) is 18.2 Å². The molecule has 0 atom stereocenters. The number of aryl methyl sites for hydroxylation is 1. The Morgan fingerprint density at radius 3 is 2.90 bits per heavy atom. The summed E-state index contributed by atoms with van der Waals surface area (Å²) in [6.45, 7) is 2.21. The molecule has 3 N–H and O–H groups in total. The van der Waals surface area contributed by atoms with E-state index < -0.39 is 0 Å². The van der Waals surface area contributed by atoms with E-state index in [1.54, 1.807) is 6.07 Å². The normalized spacial score (nSPS) is 16.2. The monoisotopic (exact) mass is 289 g/mol. The van der Waals surface area contributed by atoms with Crippen LogP contribution in [0.1, 0.15) is 43.2 Å². The first-order chi connectivity index (χ1) is 10.1. The van der Waals surface area contributed by atoms with E-state index in [4.69, 9.17) is 0 Å². The molecule has 0 aromatic heterocycles. The van der Waals surface area contributed by atoms with Gasteiger partial charge in [-0.3, -0.25) is 4.79 Å². The molecule has 5 nitrogen and oxygen atoms in total. The van der Waals surface area contributed by atoms with E-state index in [0.717, 1.165) is 18.4 Å². The number of rotatable bonds is 5. The quantitative estimate of drug-likeness (QED) is 0.574. The van der Waals surface area contributed by atoms with Crippen LogP contribution in [-0.4, -0.2) is 29.8 Å². The fraction of sp³-hybridized carbons (Fsp3) is 0.500. The molecule has 1 aromatic carbocycles.